The quantitative estimate of drug-likeness (QED) is 0.567. The summed E-state index contributed by atoms with van der Waals surface area (Å²) in [7, 11) is 0. The summed E-state index contributed by atoms with van der Waals surface area (Å²) in [6, 6.07) is 7.54. The lowest BCUT2D eigenvalue weighted by Crippen LogP contribution is -2.43. The van der Waals surface area contributed by atoms with Gasteiger partial charge >= 0.3 is 12.1 Å². The third-order valence-corrected chi connectivity index (χ3v) is 2.48. The second-order valence-electron chi connectivity index (χ2n) is 3.87. The van der Waals surface area contributed by atoms with E-state index in [4.69, 9.17) is 0 Å². The van der Waals surface area contributed by atoms with Crippen LogP contribution in [0.1, 0.15) is 25.5 Å². The van der Waals surface area contributed by atoms with Gasteiger partial charge in [-0.15, -0.1) is 0 Å². The number of halogens is 5. The van der Waals surface area contributed by atoms with Crippen LogP contribution in [-0.2, 0) is 0 Å². The van der Waals surface area contributed by atoms with Gasteiger partial charge in [0.1, 0.15) is 0 Å². The Kier molecular flexibility index (Phi) is 4.09. The summed E-state index contributed by atoms with van der Waals surface area (Å²) in [5.74, 6) is -4.89. The smallest absolute Gasteiger partial charge is 0.280 e. The lowest BCUT2D eigenvalue weighted by atomic mass is 10.1. The third-order valence-electron chi connectivity index (χ3n) is 2.48. The highest BCUT2D eigenvalue weighted by Gasteiger charge is 2.59. The van der Waals surface area contributed by atoms with E-state index in [1.807, 2.05) is 0 Å². The van der Waals surface area contributed by atoms with Crippen LogP contribution in [0.25, 0.3) is 0 Å². The summed E-state index contributed by atoms with van der Waals surface area (Å²) in [5.41, 5.74) is -0.652. The van der Waals surface area contributed by atoms with Crippen LogP contribution in [0.5, 0.6) is 0 Å². The molecule has 1 unspecified atom stereocenters. The fraction of sp³-hybridized carbons (Fsp3) is 0.417. The van der Waals surface area contributed by atoms with Crippen LogP contribution in [-0.4, -0.2) is 17.8 Å². The molecule has 0 saturated heterocycles. The molecule has 0 aliphatic rings. The van der Waals surface area contributed by atoms with Crippen molar-refractivity contribution in [2.75, 3.05) is 0 Å². The molecule has 0 fully saturated rings. The molecule has 0 aromatic heterocycles. The van der Waals surface area contributed by atoms with E-state index < -0.39 is 23.9 Å². The summed E-state index contributed by atoms with van der Waals surface area (Å²) in [6.07, 6.45) is -5.61. The zero-order valence-corrected chi connectivity index (χ0v) is 9.80. The van der Waals surface area contributed by atoms with Crippen molar-refractivity contribution in [3.63, 3.8) is 0 Å². The molecule has 0 spiro atoms. The molecule has 0 saturated carbocycles. The molecule has 1 nitrogen and oxygen atoms in total. The summed E-state index contributed by atoms with van der Waals surface area (Å²) in [5, 5.41) is 0. The molecule has 0 radical (unpaired) electrons. The third kappa shape index (κ3) is 3.05. The molecular formula is C12H12F5N. The molecule has 6 heteroatoms. The van der Waals surface area contributed by atoms with Crippen molar-refractivity contribution in [1.82, 2.24) is 0 Å². The summed E-state index contributed by atoms with van der Waals surface area (Å²) in [4.78, 5) is 3.43. The number of nitrogens with zero attached hydrogens (tertiary/aromatic N) is 1. The van der Waals surface area contributed by atoms with Gasteiger partial charge in [-0.2, -0.15) is 22.0 Å². The van der Waals surface area contributed by atoms with Crippen LogP contribution in [0.2, 0.25) is 0 Å². The Labute approximate surface area is 101 Å². The van der Waals surface area contributed by atoms with Gasteiger partial charge in [0.2, 0.25) is 0 Å². The predicted octanol–water partition coefficient (Wildman–Crippen LogP) is 4.41. The first kappa shape index (κ1) is 14.6. The maximum atomic E-state index is 12.9. The van der Waals surface area contributed by atoms with E-state index >= 15 is 0 Å². The Balaban J connectivity index is 2.97. The van der Waals surface area contributed by atoms with Gasteiger partial charge in [-0.1, -0.05) is 30.3 Å². The van der Waals surface area contributed by atoms with Crippen molar-refractivity contribution in [2.24, 2.45) is 4.99 Å². The second-order valence-corrected chi connectivity index (χ2v) is 3.87. The maximum Gasteiger partial charge on any atom is 0.459 e. The molecule has 0 heterocycles. The van der Waals surface area contributed by atoms with Crippen LogP contribution in [0.4, 0.5) is 22.0 Å². The van der Waals surface area contributed by atoms with Gasteiger partial charge in [0, 0.05) is 0 Å². The molecule has 1 aromatic carbocycles. The highest BCUT2D eigenvalue weighted by molar-refractivity contribution is 5.89. The van der Waals surface area contributed by atoms with Gasteiger partial charge in [-0.05, 0) is 19.4 Å². The zero-order valence-electron chi connectivity index (χ0n) is 9.80. The molecule has 0 aliphatic heterocycles. The first-order valence-corrected chi connectivity index (χ1v) is 5.20. The minimum absolute atomic E-state index is 0.579. The first-order valence-electron chi connectivity index (χ1n) is 5.20. The van der Waals surface area contributed by atoms with Gasteiger partial charge in [-0.25, -0.2) is 0 Å². The monoisotopic (exact) mass is 265 g/mol. The summed E-state index contributed by atoms with van der Waals surface area (Å²) in [6.45, 7) is 2.15. The normalized spacial score (nSPS) is 15.6. The van der Waals surface area contributed by atoms with E-state index in [-0.39, 0.29) is 0 Å². The Morgan fingerprint density at radius 3 is 2.00 bits per heavy atom. The van der Waals surface area contributed by atoms with E-state index in [0.29, 0.717) is 12.5 Å². The predicted molar refractivity (Wildman–Crippen MR) is 59.0 cm³/mol. The highest BCUT2D eigenvalue weighted by atomic mass is 19.4. The Morgan fingerprint density at radius 1 is 1.06 bits per heavy atom. The molecule has 1 atom stereocenters. The lowest BCUT2D eigenvalue weighted by molar-refractivity contribution is -0.249. The van der Waals surface area contributed by atoms with Gasteiger partial charge in [0.05, 0.1) is 11.8 Å². The van der Waals surface area contributed by atoms with Gasteiger partial charge in [-0.3, -0.25) is 4.99 Å². The van der Waals surface area contributed by atoms with Crippen LogP contribution in [0, 0.1) is 0 Å². The van der Waals surface area contributed by atoms with Crippen molar-refractivity contribution in [1.29, 1.82) is 0 Å². The van der Waals surface area contributed by atoms with Crippen LogP contribution in [0.3, 0.4) is 0 Å². The van der Waals surface area contributed by atoms with Gasteiger partial charge < -0.3 is 0 Å². The molecular weight excluding hydrogens is 253 g/mol. The van der Waals surface area contributed by atoms with Gasteiger partial charge in [0.25, 0.3) is 0 Å². The van der Waals surface area contributed by atoms with E-state index in [2.05, 4.69) is 4.99 Å². The Hall–Kier alpha value is -1.46. The Morgan fingerprint density at radius 2 is 1.56 bits per heavy atom. The molecule has 100 valence electrons. The number of alkyl halides is 5. The second kappa shape index (κ2) is 5.04. The summed E-state index contributed by atoms with van der Waals surface area (Å²) >= 11 is 0. The number of aliphatic imine (C=N–C) groups is 1. The largest absolute Gasteiger partial charge is 0.459 e. The molecule has 1 rings (SSSR count). The highest BCUT2D eigenvalue weighted by Crippen LogP contribution is 2.37. The van der Waals surface area contributed by atoms with Crippen molar-refractivity contribution in [3.05, 3.63) is 35.9 Å². The maximum absolute atomic E-state index is 12.9. The standard InChI is InChI=1S/C12H12F5N/c1-8(10-6-4-3-5-7-10)18-9(2)11(13,14)12(15,16)17/h3-8H,1-2H3. The van der Waals surface area contributed by atoms with E-state index in [1.165, 1.54) is 6.92 Å². The minimum atomic E-state index is -5.61. The van der Waals surface area contributed by atoms with Crippen molar-refractivity contribution in [2.45, 2.75) is 32.0 Å². The SMILES string of the molecule is CC(=NC(C)c1ccccc1)C(F)(F)C(F)(F)F. The van der Waals surface area contributed by atoms with Crippen molar-refractivity contribution >= 4 is 5.71 Å². The molecule has 0 aliphatic carbocycles. The number of hydrogen-bond donors (Lipinski definition) is 0. The van der Waals surface area contributed by atoms with Crippen LogP contribution in [0.15, 0.2) is 35.3 Å². The van der Waals surface area contributed by atoms with E-state index in [9.17, 15) is 22.0 Å². The van der Waals surface area contributed by atoms with Crippen LogP contribution < -0.4 is 0 Å². The van der Waals surface area contributed by atoms with Crippen molar-refractivity contribution < 1.29 is 22.0 Å². The summed E-state index contributed by atoms with van der Waals surface area (Å²) < 4.78 is 62.2. The van der Waals surface area contributed by atoms with Crippen LogP contribution >= 0.6 is 0 Å². The number of hydrogen-bond acceptors (Lipinski definition) is 1. The molecule has 1 aromatic rings. The van der Waals surface area contributed by atoms with Crippen molar-refractivity contribution in [3.8, 4) is 0 Å². The molecule has 18 heavy (non-hydrogen) atoms. The molecule has 0 amide bonds. The lowest BCUT2D eigenvalue weighted by Gasteiger charge is -2.20. The topological polar surface area (TPSA) is 12.4 Å². The molecule has 0 bridgehead atoms. The Bertz CT molecular complexity index is 422. The number of rotatable bonds is 3. The number of benzene rings is 1. The fourth-order valence-electron chi connectivity index (χ4n) is 1.38. The average molecular weight is 265 g/mol. The average Bonchev–Trinajstić information content (AvgIpc) is 2.28. The first-order chi connectivity index (χ1) is 8.16. The van der Waals surface area contributed by atoms with E-state index in [0.717, 1.165) is 0 Å². The van der Waals surface area contributed by atoms with E-state index in [1.54, 1.807) is 30.3 Å². The minimum Gasteiger partial charge on any atom is -0.280 e. The zero-order chi connectivity index (χ0) is 14.0. The van der Waals surface area contributed by atoms with Gasteiger partial charge in [0.15, 0.2) is 0 Å². The fourth-order valence-corrected chi connectivity index (χ4v) is 1.38. The molecule has 0 N–H and O–H groups in total.